The van der Waals surface area contributed by atoms with Crippen molar-refractivity contribution in [2.24, 2.45) is 0 Å². The summed E-state index contributed by atoms with van der Waals surface area (Å²) in [5.74, 6) is 1.10. The van der Waals surface area contributed by atoms with E-state index in [2.05, 4.69) is 4.98 Å². The highest BCUT2D eigenvalue weighted by molar-refractivity contribution is 7.11. The molecule has 0 amide bonds. The van der Waals surface area contributed by atoms with Crippen molar-refractivity contribution in [3.63, 3.8) is 0 Å². The topological polar surface area (TPSA) is 67.9 Å². The molecular formula is C27H22F3N3O2S. The second kappa shape index (κ2) is 10.4. The maximum atomic E-state index is 13.8. The number of thiazole rings is 1. The van der Waals surface area contributed by atoms with Gasteiger partial charge < -0.3 is 9.30 Å². The van der Waals surface area contributed by atoms with E-state index in [0.29, 0.717) is 35.6 Å². The lowest BCUT2D eigenvalue weighted by Gasteiger charge is -2.18. The van der Waals surface area contributed by atoms with Gasteiger partial charge in [0.2, 0.25) is 0 Å². The van der Waals surface area contributed by atoms with E-state index in [-0.39, 0.29) is 12.2 Å². The molecule has 184 valence electrons. The quantitative estimate of drug-likeness (QED) is 0.274. The second-order valence-corrected chi connectivity index (χ2v) is 9.11. The standard InChI is InChI=1S/C27H22F3N3O2S/c1-3-24-22(32-25(4-2)36-24)16-33-23(14-21(27(28,29)30)20(15-31)26(33)34)17-10-12-19(13-11-17)35-18-8-6-5-7-9-18/h5-14H,3-4,16H2,1-2H3. The molecule has 2 aromatic carbocycles. The zero-order valence-electron chi connectivity index (χ0n) is 19.6. The number of rotatable bonds is 7. The molecule has 0 atom stereocenters. The fourth-order valence-corrected chi connectivity index (χ4v) is 4.79. The van der Waals surface area contributed by atoms with Crippen LogP contribution in [-0.4, -0.2) is 9.55 Å². The normalized spacial score (nSPS) is 11.3. The van der Waals surface area contributed by atoms with Crippen molar-refractivity contribution in [1.82, 2.24) is 9.55 Å². The number of aromatic nitrogens is 2. The van der Waals surface area contributed by atoms with E-state index >= 15 is 0 Å². The van der Waals surface area contributed by atoms with Crippen molar-refractivity contribution < 1.29 is 17.9 Å². The fraction of sp³-hybridized carbons (Fsp3) is 0.222. The first-order chi connectivity index (χ1) is 17.2. The summed E-state index contributed by atoms with van der Waals surface area (Å²) in [7, 11) is 0. The number of hydrogen-bond acceptors (Lipinski definition) is 5. The molecule has 0 fully saturated rings. The Labute approximate surface area is 210 Å². The summed E-state index contributed by atoms with van der Waals surface area (Å²) in [6, 6.07) is 17.8. The summed E-state index contributed by atoms with van der Waals surface area (Å²) >= 11 is 1.52. The Morgan fingerprint density at radius 3 is 2.28 bits per heavy atom. The second-order valence-electron chi connectivity index (χ2n) is 7.94. The van der Waals surface area contributed by atoms with Crippen molar-refractivity contribution in [3.8, 4) is 28.8 Å². The van der Waals surface area contributed by atoms with Gasteiger partial charge in [-0.3, -0.25) is 4.79 Å². The van der Waals surface area contributed by atoms with Crippen molar-refractivity contribution in [2.45, 2.75) is 39.4 Å². The molecule has 0 aliphatic carbocycles. The highest BCUT2D eigenvalue weighted by Crippen LogP contribution is 2.35. The lowest BCUT2D eigenvalue weighted by Crippen LogP contribution is -2.29. The molecule has 0 N–H and O–H groups in total. The summed E-state index contributed by atoms with van der Waals surface area (Å²) in [4.78, 5) is 18.8. The van der Waals surface area contributed by atoms with Gasteiger partial charge in [0.1, 0.15) is 23.1 Å². The molecule has 0 saturated carbocycles. The van der Waals surface area contributed by atoms with E-state index in [9.17, 15) is 23.2 Å². The van der Waals surface area contributed by atoms with Crippen LogP contribution in [0.2, 0.25) is 0 Å². The molecule has 0 bridgehead atoms. The Hall–Kier alpha value is -3.90. The van der Waals surface area contributed by atoms with E-state index in [1.807, 2.05) is 32.0 Å². The van der Waals surface area contributed by atoms with Crippen LogP contribution in [0.4, 0.5) is 13.2 Å². The molecular weight excluding hydrogens is 487 g/mol. The smallest absolute Gasteiger partial charge is 0.417 e. The molecule has 9 heteroatoms. The van der Waals surface area contributed by atoms with Crippen molar-refractivity contribution in [1.29, 1.82) is 5.26 Å². The third kappa shape index (κ3) is 5.19. The van der Waals surface area contributed by atoms with E-state index in [4.69, 9.17) is 4.74 Å². The average Bonchev–Trinajstić information content (AvgIpc) is 3.27. The molecule has 0 spiro atoms. The first kappa shape index (κ1) is 25.2. The van der Waals surface area contributed by atoms with E-state index < -0.39 is 22.9 Å². The van der Waals surface area contributed by atoms with Crippen LogP contribution < -0.4 is 10.3 Å². The van der Waals surface area contributed by atoms with Crippen LogP contribution in [0.5, 0.6) is 11.5 Å². The summed E-state index contributed by atoms with van der Waals surface area (Å²) < 4.78 is 48.4. The highest BCUT2D eigenvalue weighted by Gasteiger charge is 2.36. The van der Waals surface area contributed by atoms with Crippen LogP contribution in [0.15, 0.2) is 65.5 Å². The predicted molar refractivity (Wildman–Crippen MR) is 132 cm³/mol. The Morgan fingerprint density at radius 2 is 1.69 bits per heavy atom. The average molecular weight is 510 g/mol. The Bertz CT molecular complexity index is 1470. The fourth-order valence-electron chi connectivity index (χ4n) is 3.83. The van der Waals surface area contributed by atoms with Gasteiger partial charge >= 0.3 is 6.18 Å². The maximum Gasteiger partial charge on any atom is 0.417 e. The van der Waals surface area contributed by atoms with Gasteiger partial charge in [-0.2, -0.15) is 18.4 Å². The van der Waals surface area contributed by atoms with Crippen LogP contribution in [-0.2, 0) is 25.6 Å². The maximum absolute atomic E-state index is 13.8. The van der Waals surface area contributed by atoms with E-state index in [1.165, 1.54) is 22.0 Å². The summed E-state index contributed by atoms with van der Waals surface area (Å²) in [6.07, 6.45) is -3.48. The van der Waals surface area contributed by atoms with Gasteiger partial charge in [0.25, 0.3) is 5.56 Å². The lowest BCUT2D eigenvalue weighted by atomic mass is 10.0. The third-order valence-corrected chi connectivity index (χ3v) is 6.99. The van der Waals surface area contributed by atoms with Gasteiger partial charge in [0.05, 0.1) is 28.5 Å². The van der Waals surface area contributed by atoms with Gasteiger partial charge in [-0.1, -0.05) is 32.0 Å². The molecule has 2 aromatic heterocycles. The minimum Gasteiger partial charge on any atom is -0.457 e. The third-order valence-electron chi connectivity index (χ3n) is 5.60. The van der Waals surface area contributed by atoms with Crippen LogP contribution in [0.3, 0.4) is 0 Å². The molecule has 36 heavy (non-hydrogen) atoms. The summed E-state index contributed by atoms with van der Waals surface area (Å²) in [5.41, 5.74) is -2.14. The van der Waals surface area contributed by atoms with Crippen LogP contribution >= 0.6 is 11.3 Å². The number of halogens is 3. The number of nitriles is 1. The number of ether oxygens (including phenoxy) is 1. The minimum absolute atomic E-state index is 0.0388. The van der Waals surface area contributed by atoms with Crippen molar-refractivity contribution in [2.75, 3.05) is 0 Å². The molecule has 4 aromatic rings. The number of benzene rings is 2. The van der Waals surface area contributed by atoms with Crippen LogP contribution in [0, 0.1) is 11.3 Å². The Morgan fingerprint density at radius 1 is 1.03 bits per heavy atom. The summed E-state index contributed by atoms with van der Waals surface area (Å²) in [5, 5.41) is 10.3. The molecule has 0 aliphatic rings. The van der Waals surface area contributed by atoms with Gasteiger partial charge in [-0.15, -0.1) is 11.3 Å². The lowest BCUT2D eigenvalue weighted by molar-refractivity contribution is -0.137. The first-order valence-corrected chi connectivity index (χ1v) is 12.1. The first-order valence-electron chi connectivity index (χ1n) is 11.3. The molecule has 0 aliphatic heterocycles. The van der Waals surface area contributed by atoms with Gasteiger partial charge in [0.15, 0.2) is 0 Å². The van der Waals surface area contributed by atoms with Crippen molar-refractivity contribution in [3.05, 3.63) is 97.7 Å². The van der Waals surface area contributed by atoms with Gasteiger partial charge in [-0.25, -0.2) is 4.98 Å². The Balaban J connectivity index is 1.84. The molecule has 4 rings (SSSR count). The van der Waals surface area contributed by atoms with Crippen LogP contribution in [0.1, 0.15) is 40.6 Å². The molecule has 2 heterocycles. The SMILES string of the molecule is CCc1nc(Cn2c(-c3ccc(Oc4ccccc4)cc3)cc(C(F)(F)F)c(C#N)c2=O)c(CC)s1. The number of pyridine rings is 1. The van der Waals surface area contributed by atoms with Crippen LogP contribution in [0.25, 0.3) is 11.3 Å². The molecule has 0 saturated heterocycles. The number of nitrogens with zero attached hydrogens (tertiary/aromatic N) is 3. The molecule has 0 unspecified atom stereocenters. The number of aryl methyl sites for hydroxylation is 2. The van der Waals surface area contributed by atoms with Crippen molar-refractivity contribution >= 4 is 11.3 Å². The highest BCUT2D eigenvalue weighted by atomic mass is 32.1. The summed E-state index contributed by atoms with van der Waals surface area (Å²) in [6.45, 7) is 3.88. The largest absolute Gasteiger partial charge is 0.457 e. The molecule has 0 radical (unpaired) electrons. The zero-order chi connectivity index (χ0) is 25.9. The minimum atomic E-state index is -4.86. The predicted octanol–water partition coefficient (Wildman–Crippen LogP) is 6.83. The molecule has 5 nitrogen and oxygen atoms in total. The zero-order valence-corrected chi connectivity index (χ0v) is 20.4. The van der Waals surface area contributed by atoms with Gasteiger partial charge in [-0.05, 0) is 60.9 Å². The number of alkyl halides is 3. The number of para-hydroxylation sites is 1. The monoisotopic (exact) mass is 509 g/mol. The number of hydrogen-bond donors (Lipinski definition) is 0. The van der Waals surface area contributed by atoms with E-state index in [0.717, 1.165) is 16.0 Å². The van der Waals surface area contributed by atoms with E-state index in [1.54, 1.807) is 36.4 Å². The Kier molecular flexibility index (Phi) is 7.27. The van der Waals surface area contributed by atoms with Gasteiger partial charge in [0, 0.05) is 4.88 Å².